The van der Waals surface area contributed by atoms with Crippen LogP contribution in [0.2, 0.25) is 0 Å². The number of nitrogens with one attached hydrogen (secondary N) is 1. The van der Waals surface area contributed by atoms with Gasteiger partial charge in [0.2, 0.25) is 5.91 Å². The second-order valence-corrected chi connectivity index (χ2v) is 6.08. The summed E-state index contributed by atoms with van der Waals surface area (Å²) in [5.41, 5.74) is 4.20. The zero-order valence-corrected chi connectivity index (χ0v) is 13.2. The van der Waals surface area contributed by atoms with E-state index in [0.29, 0.717) is 5.76 Å². The van der Waals surface area contributed by atoms with E-state index in [2.05, 4.69) is 22.4 Å². The van der Waals surface area contributed by atoms with Crippen LogP contribution in [0.5, 0.6) is 0 Å². The first-order valence-corrected chi connectivity index (χ1v) is 8.19. The van der Waals surface area contributed by atoms with Crippen molar-refractivity contribution in [2.75, 3.05) is 5.32 Å². The molecule has 1 aliphatic carbocycles. The van der Waals surface area contributed by atoms with Crippen LogP contribution in [0, 0.1) is 0 Å². The molecule has 0 radical (unpaired) electrons. The lowest BCUT2D eigenvalue weighted by atomic mass is 9.82. The quantitative estimate of drug-likeness (QED) is 0.778. The van der Waals surface area contributed by atoms with Gasteiger partial charge < -0.3 is 9.73 Å². The van der Waals surface area contributed by atoms with Crippen molar-refractivity contribution in [1.82, 2.24) is 4.98 Å². The van der Waals surface area contributed by atoms with Crippen LogP contribution < -0.4 is 5.32 Å². The van der Waals surface area contributed by atoms with Crippen molar-refractivity contribution in [3.05, 3.63) is 72.2 Å². The maximum atomic E-state index is 12.7. The molecule has 1 aliphatic rings. The van der Waals surface area contributed by atoms with E-state index in [-0.39, 0.29) is 11.8 Å². The van der Waals surface area contributed by atoms with Crippen LogP contribution in [0.15, 0.2) is 65.5 Å². The summed E-state index contributed by atoms with van der Waals surface area (Å²) in [6.07, 6.45) is 6.10. The first-order chi connectivity index (χ1) is 11.8. The molecule has 0 spiro atoms. The van der Waals surface area contributed by atoms with Gasteiger partial charge in [-0.25, -0.2) is 4.98 Å². The van der Waals surface area contributed by atoms with E-state index in [1.54, 1.807) is 6.20 Å². The van der Waals surface area contributed by atoms with Crippen molar-refractivity contribution in [2.24, 2.45) is 0 Å². The van der Waals surface area contributed by atoms with Crippen LogP contribution >= 0.6 is 0 Å². The van der Waals surface area contributed by atoms with Crippen molar-refractivity contribution >= 4 is 11.6 Å². The Morgan fingerprint density at radius 3 is 2.75 bits per heavy atom. The number of nitrogens with zero attached hydrogens (tertiary/aromatic N) is 1. The molecule has 4 nitrogen and oxygen atoms in total. The smallest absolute Gasteiger partial charge is 0.231 e. The summed E-state index contributed by atoms with van der Waals surface area (Å²) in [6, 6.07) is 15.9. The second-order valence-electron chi connectivity index (χ2n) is 6.08. The summed E-state index contributed by atoms with van der Waals surface area (Å²) >= 11 is 0. The highest BCUT2D eigenvalue weighted by Crippen LogP contribution is 2.32. The number of carbonyl (C=O) groups is 1. The van der Waals surface area contributed by atoms with Crippen LogP contribution in [0.4, 0.5) is 5.69 Å². The lowest BCUT2D eigenvalue weighted by Crippen LogP contribution is -2.24. The molecule has 0 saturated heterocycles. The maximum Gasteiger partial charge on any atom is 0.231 e. The van der Waals surface area contributed by atoms with Crippen LogP contribution in [-0.4, -0.2) is 10.9 Å². The molecule has 1 N–H and O–H groups in total. The van der Waals surface area contributed by atoms with Gasteiger partial charge in [-0.05, 0) is 54.7 Å². The Kier molecular flexibility index (Phi) is 3.87. The van der Waals surface area contributed by atoms with Gasteiger partial charge in [0.05, 0.1) is 12.1 Å². The molecule has 4 rings (SSSR count). The molecule has 0 bridgehead atoms. The third-order valence-electron chi connectivity index (χ3n) is 4.56. The molecule has 1 atom stereocenters. The van der Waals surface area contributed by atoms with Crippen LogP contribution in [0.3, 0.4) is 0 Å². The zero-order valence-electron chi connectivity index (χ0n) is 13.2. The number of rotatable bonds is 3. The highest BCUT2D eigenvalue weighted by atomic mass is 16.3. The summed E-state index contributed by atoms with van der Waals surface area (Å²) < 4.78 is 5.28. The minimum atomic E-state index is -0.0658. The fourth-order valence-corrected chi connectivity index (χ4v) is 3.33. The molecule has 3 aromatic rings. The Morgan fingerprint density at radius 2 is 1.96 bits per heavy atom. The summed E-state index contributed by atoms with van der Waals surface area (Å²) in [4.78, 5) is 16.6. The molecule has 120 valence electrons. The lowest BCUT2D eigenvalue weighted by Gasteiger charge is -2.24. The number of carbonyl (C=O) groups excluding carboxylic acids is 1. The first kappa shape index (κ1) is 14.7. The van der Waals surface area contributed by atoms with Gasteiger partial charge in [-0.3, -0.25) is 4.79 Å². The van der Waals surface area contributed by atoms with E-state index in [4.69, 9.17) is 4.42 Å². The number of aryl methyl sites for hydroxylation is 1. The molecule has 2 aromatic carbocycles. The van der Waals surface area contributed by atoms with Crippen molar-refractivity contribution in [2.45, 2.75) is 25.2 Å². The topological polar surface area (TPSA) is 55.1 Å². The SMILES string of the molecule is O=C(Nc1ccc(-c2cnco2)cc1)C1CCCc2ccccc21. The Balaban J connectivity index is 1.51. The predicted octanol–water partition coefficient (Wildman–Crippen LogP) is 4.40. The zero-order chi connectivity index (χ0) is 16.4. The Labute approximate surface area is 140 Å². The molecule has 4 heteroatoms. The normalized spacial score (nSPS) is 16.4. The van der Waals surface area contributed by atoms with E-state index >= 15 is 0 Å². The van der Waals surface area contributed by atoms with Gasteiger partial charge in [0.25, 0.3) is 0 Å². The van der Waals surface area contributed by atoms with Gasteiger partial charge in [-0.2, -0.15) is 0 Å². The number of aromatic nitrogens is 1. The van der Waals surface area contributed by atoms with Gasteiger partial charge in [0.15, 0.2) is 12.2 Å². The first-order valence-electron chi connectivity index (χ1n) is 8.19. The fourth-order valence-electron chi connectivity index (χ4n) is 3.33. The van der Waals surface area contributed by atoms with Crippen LogP contribution in [0.1, 0.15) is 29.9 Å². The van der Waals surface area contributed by atoms with Crippen LogP contribution in [-0.2, 0) is 11.2 Å². The molecular formula is C20H18N2O2. The number of hydrogen-bond donors (Lipinski definition) is 1. The average Bonchev–Trinajstić information content (AvgIpc) is 3.16. The standard InChI is InChI=1S/C20H18N2O2/c23-20(18-7-3-5-14-4-1-2-6-17(14)18)22-16-10-8-15(9-11-16)19-12-21-13-24-19/h1-2,4,6,8-13,18H,3,5,7H2,(H,22,23). The number of amides is 1. The van der Waals surface area contributed by atoms with Gasteiger partial charge in [-0.15, -0.1) is 0 Å². The van der Waals surface area contributed by atoms with E-state index in [1.807, 2.05) is 36.4 Å². The third-order valence-corrected chi connectivity index (χ3v) is 4.56. The van der Waals surface area contributed by atoms with Crippen molar-refractivity contribution in [1.29, 1.82) is 0 Å². The molecule has 1 amide bonds. The second kappa shape index (κ2) is 6.32. The largest absolute Gasteiger partial charge is 0.444 e. The van der Waals surface area contributed by atoms with Crippen LogP contribution in [0.25, 0.3) is 11.3 Å². The average molecular weight is 318 g/mol. The predicted molar refractivity (Wildman–Crippen MR) is 92.7 cm³/mol. The number of fused-ring (bicyclic) bond motifs is 1. The highest BCUT2D eigenvalue weighted by Gasteiger charge is 2.26. The molecule has 24 heavy (non-hydrogen) atoms. The van der Waals surface area contributed by atoms with E-state index in [9.17, 15) is 4.79 Å². The minimum Gasteiger partial charge on any atom is -0.444 e. The number of hydrogen-bond acceptors (Lipinski definition) is 3. The van der Waals surface area contributed by atoms with Gasteiger partial charge in [0, 0.05) is 11.3 Å². The number of oxazole rings is 1. The summed E-state index contributed by atoms with van der Waals surface area (Å²) in [6.45, 7) is 0. The Morgan fingerprint density at radius 1 is 1.12 bits per heavy atom. The van der Waals surface area contributed by atoms with Gasteiger partial charge in [0.1, 0.15) is 0 Å². The third kappa shape index (κ3) is 2.83. The Bertz CT molecular complexity index is 838. The van der Waals surface area contributed by atoms with Crippen molar-refractivity contribution in [3.8, 4) is 11.3 Å². The molecule has 1 heterocycles. The summed E-state index contributed by atoms with van der Waals surface area (Å²) in [5.74, 6) is 0.715. The highest BCUT2D eigenvalue weighted by molar-refractivity contribution is 5.96. The monoisotopic (exact) mass is 318 g/mol. The molecular weight excluding hydrogens is 300 g/mol. The van der Waals surface area contributed by atoms with Crippen molar-refractivity contribution < 1.29 is 9.21 Å². The van der Waals surface area contributed by atoms with E-state index in [1.165, 1.54) is 17.5 Å². The van der Waals surface area contributed by atoms with Crippen molar-refractivity contribution in [3.63, 3.8) is 0 Å². The van der Waals surface area contributed by atoms with E-state index < -0.39 is 0 Å². The maximum absolute atomic E-state index is 12.7. The molecule has 0 saturated carbocycles. The van der Waals surface area contributed by atoms with Gasteiger partial charge in [-0.1, -0.05) is 24.3 Å². The lowest BCUT2D eigenvalue weighted by molar-refractivity contribution is -0.117. The van der Waals surface area contributed by atoms with E-state index in [0.717, 1.165) is 30.5 Å². The van der Waals surface area contributed by atoms with Gasteiger partial charge >= 0.3 is 0 Å². The molecule has 1 unspecified atom stereocenters. The molecule has 1 aromatic heterocycles. The molecule has 0 fully saturated rings. The number of anilines is 1. The molecule has 0 aliphatic heterocycles. The Hall–Kier alpha value is -2.88. The minimum absolute atomic E-state index is 0.0644. The summed E-state index contributed by atoms with van der Waals surface area (Å²) in [5, 5.41) is 3.04. The fraction of sp³-hybridized carbons (Fsp3) is 0.200. The summed E-state index contributed by atoms with van der Waals surface area (Å²) in [7, 11) is 0. The number of benzene rings is 2.